The van der Waals surface area contributed by atoms with E-state index in [-0.39, 0.29) is 5.82 Å². The minimum absolute atomic E-state index is 0.260. The first-order valence-electron chi connectivity index (χ1n) is 9.63. The van der Waals surface area contributed by atoms with Gasteiger partial charge in [-0.25, -0.2) is 4.39 Å². The molecule has 0 aliphatic carbocycles. The van der Waals surface area contributed by atoms with Gasteiger partial charge in [0.1, 0.15) is 11.6 Å². The quantitative estimate of drug-likeness (QED) is 0.852. The van der Waals surface area contributed by atoms with E-state index in [2.05, 4.69) is 17.1 Å². The van der Waals surface area contributed by atoms with Gasteiger partial charge in [0.2, 0.25) is 0 Å². The Morgan fingerprint density at radius 3 is 2.44 bits per heavy atom. The van der Waals surface area contributed by atoms with Crippen molar-refractivity contribution < 1.29 is 14.2 Å². The van der Waals surface area contributed by atoms with Crippen LogP contribution in [0.5, 0.6) is 5.75 Å². The summed E-state index contributed by atoms with van der Waals surface area (Å²) in [5.74, 6) is 0.616. The Bertz CT molecular complexity index is 803. The van der Waals surface area contributed by atoms with E-state index in [1.165, 1.54) is 12.1 Å². The van der Waals surface area contributed by atoms with Gasteiger partial charge in [0, 0.05) is 24.2 Å². The SMILES string of the molecule is COc1ccccc1/C=C/CN1[C@H]2CC[C@H]1CC(O)(c1ccc(F)cc1)C2. The molecule has 2 saturated heterocycles. The lowest BCUT2D eigenvalue weighted by molar-refractivity contribution is -0.0535. The second-order valence-corrected chi connectivity index (χ2v) is 7.67. The highest BCUT2D eigenvalue weighted by Crippen LogP contribution is 2.45. The molecular formula is C23H26FNO2. The Hall–Kier alpha value is -2.17. The van der Waals surface area contributed by atoms with Gasteiger partial charge < -0.3 is 9.84 Å². The lowest BCUT2D eigenvalue weighted by atomic mass is 9.80. The number of methoxy groups -OCH3 is 1. The van der Waals surface area contributed by atoms with Crippen LogP contribution in [0.4, 0.5) is 4.39 Å². The molecule has 2 aliphatic rings. The Morgan fingerprint density at radius 2 is 1.78 bits per heavy atom. The number of para-hydroxylation sites is 1. The zero-order valence-corrected chi connectivity index (χ0v) is 15.6. The molecular weight excluding hydrogens is 341 g/mol. The summed E-state index contributed by atoms with van der Waals surface area (Å²) in [6.07, 6.45) is 7.92. The largest absolute Gasteiger partial charge is 0.496 e. The highest BCUT2D eigenvalue weighted by molar-refractivity contribution is 5.57. The van der Waals surface area contributed by atoms with Gasteiger partial charge >= 0.3 is 0 Å². The van der Waals surface area contributed by atoms with Gasteiger partial charge in [-0.1, -0.05) is 42.5 Å². The molecule has 2 heterocycles. The number of hydrogen-bond acceptors (Lipinski definition) is 3. The molecule has 4 heteroatoms. The average molecular weight is 367 g/mol. The zero-order valence-electron chi connectivity index (χ0n) is 15.6. The van der Waals surface area contributed by atoms with Crippen LogP contribution in [0.3, 0.4) is 0 Å². The number of aliphatic hydroxyl groups is 1. The van der Waals surface area contributed by atoms with Crippen molar-refractivity contribution in [1.29, 1.82) is 0 Å². The van der Waals surface area contributed by atoms with Gasteiger partial charge in [-0.05, 0) is 49.4 Å². The van der Waals surface area contributed by atoms with Crippen LogP contribution in [-0.2, 0) is 5.60 Å². The molecule has 2 fully saturated rings. The number of nitrogens with zero attached hydrogens (tertiary/aromatic N) is 1. The van der Waals surface area contributed by atoms with Crippen molar-refractivity contribution in [3.63, 3.8) is 0 Å². The van der Waals surface area contributed by atoms with E-state index in [4.69, 9.17) is 4.74 Å². The minimum atomic E-state index is -0.845. The fourth-order valence-corrected chi connectivity index (χ4v) is 4.72. The Balaban J connectivity index is 1.45. The topological polar surface area (TPSA) is 32.7 Å². The Morgan fingerprint density at radius 1 is 1.11 bits per heavy atom. The molecule has 1 N–H and O–H groups in total. The average Bonchev–Trinajstić information content (AvgIpc) is 2.93. The molecule has 2 aromatic rings. The van der Waals surface area contributed by atoms with Crippen LogP contribution in [0.25, 0.3) is 6.08 Å². The van der Waals surface area contributed by atoms with Gasteiger partial charge in [0.05, 0.1) is 12.7 Å². The molecule has 2 aliphatic heterocycles. The van der Waals surface area contributed by atoms with Crippen LogP contribution in [0, 0.1) is 5.82 Å². The van der Waals surface area contributed by atoms with E-state index in [1.807, 2.05) is 24.3 Å². The van der Waals surface area contributed by atoms with Crippen molar-refractivity contribution >= 4 is 6.08 Å². The summed E-state index contributed by atoms with van der Waals surface area (Å²) in [7, 11) is 1.69. The number of piperidine rings is 1. The van der Waals surface area contributed by atoms with Crippen LogP contribution < -0.4 is 4.74 Å². The summed E-state index contributed by atoms with van der Waals surface area (Å²) in [6, 6.07) is 15.1. The third-order valence-corrected chi connectivity index (χ3v) is 6.05. The Kier molecular flexibility index (Phi) is 5.02. The molecule has 2 aromatic carbocycles. The van der Waals surface area contributed by atoms with Crippen molar-refractivity contribution in [3.05, 3.63) is 71.6 Å². The second kappa shape index (κ2) is 7.45. The first kappa shape index (κ1) is 18.2. The first-order valence-corrected chi connectivity index (χ1v) is 9.63. The normalized spacial score (nSPS) is 28.0. The lowest BCUT2D eigenvalue weighted by Crippen LogP contribution is -2.49. The smallest absolute Gasteiger partial charge is 0.126 e. The van der Waals surface area contributed by atoms with Crippen molar-refractivity contribution in [3.8, 4) is 5.75 Å². The van der Waals surface area contributed by atoms with Gasteiger partial charge in [0.15, 0.2) is 0 Å². The lowest BCUT2D eigenvalue weighted by Gasteiger charge is -2.43. The van der Waals surface area contributed by atoms with Crippen molar-refractivity contribution in [2.45, 2.75) is 43.4 Å². The molecule has 2 bridgehead atoms. The van der Waals surface area contributed by atoms with E-state index in [9.17, 15) is 9.50 Å². The van der Waals surface area contributed by atoms with Crippen molar-refractivity contribution in [1.82, 2.24) is 4.90 Å². The third kappa shape index (κ3) is 3.64. The molecule has 0 unspecified atom stereocenters. The summed E-state index contributed by atoms with van der Waals surface area (Å²) in [5, 5.41) is 11.2. The summed E-state index contributed by atoms with van der Waals surface area (Å²) in [4.78, 5) is 2.50. The highest BCUT2D eigenvalue weighted by atomic mass is 19.1. The number of benzene rings is 2. The second-order valence-electron chi connectivity index (χ2n) is 7.67. The van der Waals surface area contributed by atoms with E-state index in [1.54, 1.807) is 19.2 Å². The maximum absolute atomic E-state index is 13.2. The molecule has 4 rings (SSSR count). The minimum Gasteiger partial charge on any atom is -0.496 e. The summed E-state index contributed by atoms with van der Waals surface area (Å²) in [5.41, 5.74) is 1.07. The van der Waals surface area contributed by atoms with E-state index >= 15 is 0 Å². The number of rotatable bonds is 5. The van der Waals surface area contributed by atoms with E-state index < -0.39 is 5.60 Å². The van der Waals surface area contributed by atoms with Crippen molar-refractivity contribution in [2.75, 3.05) is 13.7 Å². The zero-order chi connectivity index (χ0) is 18.9. The molecule has 2 atom stereocenters. The van der Waals surface area contributed by atoms with Gasteiger partial charge in [-0.3, -0.25) is 4.90 Å². The van der Waals surface area contributed by atoms with Crippen molar-refractivity contribution in [2.24, 2.45) is 0 Å². The first-order chi connectivity index (χ1) is 13.1. The summed E-state index contributed by atoms with van der Waals surface area (Å²) in [6.45, 7) is 0.868. The number of hydrogen-bond donors (Lipinski definition) is 1. The predicted molar refractivity (Wildman–Crippen MR) is 105 cm³/mol. The third-order valence-electron chi connectivity index (χ3n) is 6.05. The predicted octanol–water partition coefficient (Wildman–Crippen LogP) is 4.36. The van der Waals surface area contributed by atoms with Crippen LogP contribution in [0.15, 0.2) is 54.6 Å². The van der Waals surface area contributed by atoms with E-state index in [0.29, 0.717) is 24.9 Å². The maximum atomic E-state index is 13.2. The molecule has 3 nitrogen and oxygen atoms in total. The number of fused-ring (bicyclic) bond motifs is 2. The monoisotopic (exact) mass is 367 g/mol. The molecule has 0 radical (unpaired) electrons. The molecule has 27 heavy (non-hydrogen) atoms. The molecule has 0 aromatic heterocycles. The van der Waals surface area contributed by atoms with Crippen LogP contribution >= 0.6 is 0 Å². The molecule has 0 amide bonds. The molecule has 0 spiro atoms. The standard InChI is InChI=1S/C23H26FNO2/c1-27-22-7-3-2-5-17(22)6-4-14-25-20-12-13-21(25)16-23(26,15-20)18-8-10-19(24)11-9-18/h2-11,20-21,26H,12-16H2,1H3/b6-4+/t20-,21-/m0/s1. The number of ether oxygens (including phenoxy) is 1. The summed E-state index contributed by atoms with van der Waals surface area (Å²) >= 11 is 0. The van der Waals surface area contributed by atoms with Crippen LogP contribution in [0.1, 0.15) is 36.8 Å². The maximum Gasteiger partial charge on any atom is 0.126 e. The van der Waals surface area contributed by atoms with Gasteiger partial charge in [-0.2, -0.15) is 0 Å². The highest BCUT2D eigenvalue weighted by Gasteiger charge is 2.47. The van der Waals surface area contributed by atoms with Crippen LogP contribution in [0.2, 0.25) is 0 Å². The molecule has 0 saturated carbocycles. The fraction of sp³-hybridized carbons (Fsp3) is 0.391. The number of halogens is 1. The molecule has 142 valence electrons. The Labute approximate surface area is 160 Å². The van der Waals surface area contributed by atoms with E-state index in [0.717, 1.165) is 36.3 Å². The summed E-state index contributed by atoms with van der Waals surface area (Å²) < 4.78 is 18.6. The van der Waals surface area contributed by atoms with Gasteiger partial charge in [-0.15, -0.1) is 0 Å². The van der Waals surface area contributed by atoms with Gasteiger partial charge in [0.25, 0.3) is 0 Å². The fourth-order valence-electron chi connectivity index (χ4n) is 4.72. The van der Waals surface area contributed by atoms with Crippen LogP contribution in [-0.4, -0.2) is 35.7 Å².